The second kappa shape index (κ2) is 4.90. The van der Waals surface area contributed by atoms with E-state index in [0.29, 0.717) is 0 Å². The van der Waals surface area contributed by atoms with E-state index in [-0.39, 0.29) is 6.54 Å². The molecule has 1 rings (SSSR count). The first kappa shape index (κ1) is 16.2. The molecule has 1 saturated heterocycles. The van der Waals surface area contributed by atoms with E-state index in [9.17, 15) is 22.4 Å². The van der Waals surface area contributed by atoms with Crippen molar-refractivity contribution in [3.63, 3.8) is 0 Å². The lowest BCUT2D eigenvalue weighted by molar-refractivity contribution is -0.118. The lowest BCUT2D eigenvalue weighted by Crippen LogP contribution is -2.58. The van der Waals surface area contributed by atoms with Crippen LogP contribution in [0.5, 0.6) is 0 Å². The number of halogens is 2. The first-order valence-corrected chi connectivity index (χ1v) is 7.51. The van der Waals surface area contributed by atoms with Crippen LogP contribution in [0.1, 0.15) is 20.8 Å². The van der Waals surface area contributed by atoms with Crippen molar-refractivity contribution < 1.29 is 27.1 Å². The molecule has 0 spiro atoms. The monoisotopic (exact) mass is 315 g/mol. The fraction of sp³-hybridized carbons (Fsp3) is 0.800. The summed E-state index contributed by atoms with van der Waals surface area (Å²) >= 11 is 5.01. The summed E-state index contributed by atoms with van der Waals surface area (Å²) in [5.74, 6) is -0.679. The van der Waals surface area contributed by atoms with E-state index in [2.05, 4.69) is 0 Å². The van der Waals surface area contributed by atoms with Gasteiger partial charge in [0, 0.05) is 6.54 Å². The average molecular weight is 316 g/mol. The van der Waals surface area contributed by atoms with Crippen LogP contribution in [-0.2, 0) is 19.4 Å². The van der Waals surface area contributed by atoms with Crippen molar-refractivity contribution in [1.82, 2.24) is 4.90 Å². The number of carbonyl (C=O) groups is 2. The van der Waals surface area contributed by atoms with Gasteiger partial charge >= 0.3 is 6.09 Å². The Morgan fingerprint density at radius 2 is 1.89 bits per heavy atom. The molecular formula is C10H15ClFNO5S. The Kier molecular flexibility index (Phi) is 4.17. The van der Waals surface area contributed by atoms with Gasteiger partial charge in [-0.2, -0.15) is 0 Å². The highest BCUT2D eigenvalue weighted by molar-refractivity contribution is 7.93. The van der Waals surface area contributed by atoms with Gasteiger partial charge in [0.1, 0.15) is 5.60 Å². The maximum Gasteiger partial charge on any atom is 0.410 e. The summed E-state index contributed by atoms with van der Waals surface area (Å²) in [5, 5.41) is -4.93. The number of rotatable bonds is 1. The molecule has 1 atom stereocenters. The molecular weight excluding hydrogens is 301 g/mol. The number of alkyl halides is 1. The predicted molar refractivity (Wildman–Crippen MR) is 66.3 cm³/mol. The predicted octanol–water partition coefficient (Wildman–Crippen LogP) is 1.08. The maximum absolute atomic E-state index is 14.2. The SMILES string of the molecule is CC(C)(C)OC(=O)N1CCS(=O)(=O)C(F)(C(=O)Cl)C1. The van der Waals surface area contributed by atoms with E-state index >= 15 is 0 Å². The van der Waals surface area contributed by atoms with Crippen LogP contribution < -0.4 is 0 Å². The number of amides is 1. The largest absolute Gasteiger partial charge is 0.444 e. The van der Waals surface area contributed by atoms with Crippen molar-refractivity contribution in [3.05, 3.63) is 0 Å². The van der Waals surface area contributed by atoms with Gasteiger partial charge in [-0.05, 0) is 32.4 Å². The second-order valence-corrected chi connectivity index (χ2v) is 7.85. The van der Waals surface area contributed by atoms with Crippen molar-refractivity contribution in [3.8, 4) is 0 Å². The highest BCUT2D eigenvalue weighted by atomic mass is 35.5. The Morgan fingerprint density at radius 1 is 1.37 bits per heavy atom. The third kappa shape index (κ3) is 3.36. The Labute approximate surface area is 115 Å². The summed E-state index contributed by atoms with van der Waals surface area (Å²) in [5.41, 5.74) is -0.808. The molecule has 19 heavy (non-hydrogen) atoms. The standard InChI is InChI=1S/C10H15ClFNO5S/c1-9(2,3)18-8(15)13-4-5-19(16,17)10(12,6-13)7(11)14/h4-6H2,1-3H3. The van der Waals surface area contributed by atoms with Gasteiger partial charge in [0.05, 0.1) is 12.3 Å². The summed E-state index contributed by atoms with van der Waals surface area (Å²) < 4.78 is 42.3. The van der Waals surface area contributed by atoms with Gasteiger partial charge in [-0.1, -0.05) is 0 Å². The Bertz CT molecular complexity index is 501. The van der Waals surface area contributed by atoms with E-state index in [1.165, 1.54) is 0 Å². The minimum absolute atomic E-state index is 0.243. The van der Waals surface area contributed by atoms with E-state index in [0.717, 1.165) is 4.90 Å². The Hall–Kier alpha value is -0.890. The molecule has 110 valence electrons. The molecule has 9 heteroatoms. The number of ether oxygens (including phenoxy) is 1. The molecule has 6 nitrogen and oxygen atoms in total. The number of hydrogen-bond acceptors (Lipinski definition) is 5. The summed E-state index contributed by atoms with van der Waals surface area (Å²) in [6.07, 6.45) is -0.887. The van der Waals surface area contributed by atoms with Crippen LogP contribution in [0.4, 0.5) is 9.18 Å². The molecule has 0 bridgehead atoms. The molecule has 0 aromatic heterocycles. The number of carbonyl (C=O) groups excluding carboxylic acids is 2. The summed E-state index contributed by atoms with van der Waals surface area (Å²) in [7, 11) is -4.33. The van der Waals surface area contributed by atoms with Crippen LogP contribution in [0.3, 0.4) is 0 Å². The smallest absolute Gasteiger partial charge is 0.410 e. The molecule has 0 radical (unpaired) electrons. The zero-order valence-corrected chi connectivity index (χ0v) is 12.3. The molecule has 0 N–H and O–H groups in total. The molecule has 1 heterocycles. The van der Waals surface area contributed by atoms with E-state index in [1.807, 2.05) is 0 Å². The van der Waals surface area contributed by atoms with Crippen LogP contribution in [0.15, 0.2) is 0 Å². The van der Waals surface area contributed by atoms with E-state index in [1.54, 1.807) is 20.8 Å². The second-order valence-electron chi connectivity index (χ2n) is 5.22. The quantitative estimate of drug-likeness (QED) is 0.676. The van der Waals surface area contributed by atoms with Gasteiger partial charge in [-0.15, -0.1) is 0 Å². The molecule has 1 unspecified atom stereocenters. The van der Waals surface area contributed by atoms with Crippen molar-refractivity contribution in [2.75, 3.05) is 18.8 Å². The molecule has 0 aromatic rings. The molecule has 0 aliphatic carbocycles. The Balaban J connectivity index is 2.94. The fourth-order valence-electron chi connectivity index (χ4n) is 1.48. The average Bonchev–Trinajstić information content (AvgIpc) is 2.19. The van der Waals surface area contributed by atoms with Crippen molar-refractivity contribution in [1.29, 1.82) is 0 Å². The van der Waals surface area contributed by atoms with Gasteiger partial charge in [0.2, 0.25) is 0 Å². The minimum Gasteiger partial charge on any atom is -0.444 e. The van der Waals surface area contributed by atoms with Crippen LogP contribution in [0.2, 0.25) is 0 Å². The van der Waals surface area contributed by atoms with Crippen LogP contribution in [-0.4, -0.2) is 54.1 Å². The Morgan fingerprint density at radius 3 is 2.32 bits per heavy atom. The lowest BCUT2D eigenvalue weighted by Gasteiger charge is -2.35. The molecule has 1 aliphatic heterocycles. The van der Waals surface area contributed by atoms with Gasteiger partial charge in [-0.3, -0.25) is 4.79 Å². The highest BCUT2D eigenvalue weighted by Crippen LogP contribution is 2.29. The molecule has 1 aliphatic rings. The normalized spacial score (nSPS) is 26.9. The van der Waals surface area contributed by atoms with Gasteiger partial charge < -0.3 is 9.64 Å². The third-order valence-corrected chi connectivity index (χ3v) is 4.89. The van der Waals surface area contributed by atoms with Crippen molar-refractivity contribution in [2.45, 2.75) is 31.4 Å². The number of nitrogens with zero attached hydrogens (tertiary/aromatic N) is 1. The van der Waals surface area contributed by atoms with Crippen LogP contribution >= 0.6 is 11.6 Å². The van der Waals surface area contributed by atoms with Crippen molar-refractivity contribution >= 4 is 32.8 Å². The summed E-state index contributed by atoms with van der Waals surface area (Å²) in [4.78, 5) is 23.6. The zero-order chi connectivity index (χ0) is 15.1. The number of sulfone groups is 1. The first-order valence-electron chi connectivity index (χ1n) is 5.48. The minimum atomic E-state index is -4.33. The summed E-state index contributed by atoms with van der Waals surface area (Å²) in [6, 6.07) is 0. The summed E-state index contributed by atoms with van der Waals surface area (Å²) in [6.45, 7) is 3.64. The highest BCUT2D eigenvalue weighted by Gasteiger charge is 2.55. The number of hydrogen-bond donors (Lipinski definition) is 0. The van der Waals surface area contributed by atoms with Crippen LogP contribution in [0, 0.1) is 0 Å². The lowest BCUT2D eigenvalue weighted by atomic mass is 10.2. The van der Waals surface area contributed by atoms with E-state index < -0.39 is 44.1 Å². The molecule has 1 amide bonds. The topological polar surface area (TPSA) is 80.8 Å². The van der Waals surface area contributed by atoms with Gasteiger partial charge in [-0.25, -0.2) is 17.6 Å². The maximum atomic E-state index is 14.2. The molecule has 0 aromatic carbocycles. The molecule has 0 saturated carbocycles. The van der Waals surface area contributed by atoms with Crippen LogP contribution in [0.25, 0.3) is 0 Å². The third-order valence-electron chi connectivity index (χ3n) is 2.46. The zero-order valence-electron chi connectivity index (χ0n) is 10.8. The van der Waals surface area contributed by atoms with E-state index in [4.69, 9.17) is 16.3 Å². The molecule has 1 fully saturated rings. The van der Waals surface area contributed by atoms with Crippen molar-refractivity contribution in [2.24, 2.45) is 0 Å². The van der Waals surface area contributed by atoms with Gasteiger partial charge in [0.25, 0.3) is 10.2 Å². The first-order chi connectivity index (χ1) is 8.39. The van der Waals surface area contributed by atoms with Gasteiger partial charge in [0.15, 0.2) is 9.84 Å². The fourth-order valence-corrected chi connectivity index (χ4v) is 3.28.